The zero-order valence-electron chi connectivity index (χ0n) is 26.8. The molecule has 3 atom stereocenters. The van der Waals surface area contributed by atoms with Gasteiger partial charge in [-0.2, -0.15) is 13.2 Å². The molecule has 0 unspecified atom stereocenters. The normalized spacial score (nSPS) is 22.4. The van der Waals surface area contributed by atoms with E-state index in [9.17, 15) is 27.6 Å². The molecular formula is C34H44F3N5O5. The first-order valence-corrected chi connectivity index (χ1v) is 16.3. The Hall–Kier alpha value is -3.68. The van der Waals surface area contributed by atoms with Crippen LogP contribution in [0.2, 0.25) is 0 Å². The molecule has 0 spiro atoms. The third-order valence-corrected chi connectivity index (χ3v) is 9.13. The predicted octanol–water partition coefficient (Wildman–Crippen LogP) is 3.65. The predicted molar refractivity (Wildman–Crippen MR) is 168 cm³/mol. The molecule has 3 heterocycles. The standard InChI is InChI=1S/C34H44F3N5O5/c1-24-17-26(20-28(18-24)34(35,36)37)23-47-33(45)41-21-27(19-25-7-3-2-4-8-25)31(43)42-29(9-5-6-10-38)32(44)40(22-30(41)42)12-11-39-13-15-46-16-14-39/h2-4,7-8,17-18,20,27,29-30H,5-6,9-16,19,21-23,38H2,1H3/t27-,29+,30-/m1/s1. The third kappa shape index (κ3) is 8.62. The van der Waals surface area contributed by atoms with Gasteiger partial charge < -0.3 is 25.0 Å². The first kappa shape index (κ1) is 34.6. The summed E-state index contributed by atoms with van der Waals surface area (Å²) >= 11 is 0. The summed E-state index contributed by atoms with van der Waals surface area (Å²) in [6, 6.07) is 12.2. The molecule has 3 aliphatic rings. The lowest BCUT2D eigenvalue weighted by Gasteiger charge is -2.53. The summed E-state index contributed by atoms with van der Waals surface area (Å²) in [6.07, 6.45) is -4.01. The molecule has 0 aliphatic carbocycles. The Morgan fingerprint density at radius 1 is 0.979 bits per heavy atom. The van der Waals surface area contributed by atoms with Gasteiger partial charge in [-0.25, -0.2) is 4.79 Å². The van der Waals surface area contributed by atoms with Crippen molar-refractivity contribution < 1.29 is 37.0 Å². The number of hydrogen-bond donors (Lipinski definition) is 1. The molecule has 2 aromatic carbocycles. The van der Waals surface area contributed by atoms with Crippen molar-refractivity contribution in [1.82, 2.24) is 19.6 Å². The first-order chi connectivity index (χ1) is 22.5. The molecule has 0 bridgehead atoms. The summed E-state index contributed by atoms with van der Waals surface area (Å²) in [4.78, 5) is 49.1. The number of halogens is 3. The van der Waals surface area contributed by atoms with Crippen LogP contribution in [0.5, 0.6) is 0 Å². The maximum Gasteiger partial charge on any atom is 0.416 e. The lowest BCUT2D eigenvalue weighted by Crippen LogP contribution is -2.73. The van der Waals surface area contributed by atoms with E-state index in [2.05, 4.69) is 4.90 Å². The van der Waals surface area contributed by atoms with Crippen molar-refractivity contribution in [1.29, 1.82) is 0 Å². The molecule has 3 aliphatic heterocycles. The Bertz CT molecular complexity index is 1390. The minimum Gasteiger partial charge on any atom is -0.444 e. The van der Waals surface area contributed by atoms with Crippen LogP contribution in [0.15, 0.2) is 48.5 Å². The molecule has 10 nitrogen and oxygen atoms in total. The number of aryl methyl sites for hydroxylation is 1. The van der Waals surface area contributed by atoms with Crippen molar-refractivity contribution in [3.8, 4) is 0 Å². The highest BCUT2D eigenvalue weighted by Crippen LogP contribution is 2.33. The van der Waals surface area contributed by atoms with Crippen molar-refractivity contribution in [3.05, 3.63) is 70.8 Å². The van der Waals surface area contributed by atoms with E-state index in [4.69, 9.17) is 15.2 Å². The number of carbonyl (C=O) groups excluding carboxylic acids is 3. The molecule has 5 rings (SSSR count). The van der Waals surface area contributed by atoms with Gasteiger partial charge >= 0.3 is 12.3 Å². The van der Waals surface area contributed by atoms with Gasteiger partial charge in [-0.1, -0.05) is 42.0 Å². The van der Waals surface area contributed by atoms with Crippen LogP contribution in [0.25, 0.3) is 0 Å². The smallest absolute Gasteiger partial charge is 0.416 e. The van der Waals surface area contributed by atoms with E-state index in [1.165, 1.54) is 4.90 Å². The van der Waals surface area contributed by atoms with E-state index >= 15 is 0 Å². The highest BCUT2D eigenvalue weighted by molar-refractivity contribution is 5.91. The van der Waals surface area contributed by atoms with E-state index in [0.29, 0.717) is 64.1 Å². The number of piperazine rings is 1. The first-order valence-electron chi connectivity index (χ1n) is 16.3. The number of carbonyl (C=O) groups is 3. The quantitative estimate of drug-likeness (QED) is 0.367. The third-order valence-electron chi connectivity index (χ3n) is 9.13. The number of nitrogens with zero attached hydrogens (tertiary/aromatic N) is 4. The molecule has 13 heteroatoms. The van der Waals surface area contributed by atoms with Gasteiger partial charge in [0.25, 0.3) is 0 Å². The maximum absolute atomic E-state index is 14.2. The van der Waals surface area contributed by atoms with Gasteiger partial charge in [0.1, 0.15) is 18.8 Å². The lowest BCUT2D eigenvalue weighted by atomic mass is 9.91. The number of morpholine rings is 1. The minimum atomic E-state index is -4.54. The van der Waals surface area contributed by atoms with E-state index in [1.54, 1.807) is 22.8 Å². The number of fused-ring (bicyclic) bond motifs is 1. The van der Waals surface area contributed by atoms with Crippen molar-refractivity contribution in [3.63, 3.8) is 0 Å². The summed E-state index contributed by atoms with van der Waals surface area (Å²) in [7, 11) is 0. The van der Waals surface area contributed by atoms with Gasteiger partial charge in [-0.3, -0.25) is 19.4 Å². The van der Waals surface area contributed by atoms with E-state index in [-0.39, 0.29) is 37.1 Å². The molecule has 0 aromatic heterocycles. The number of amides is 3. The zero-order valence-corrected chi connectivity index (χ0v) is 26.8. The molecule has 2 aromatic rings. The van der Waals surface area contributed by atoms with Gasteiger partial charge in [-0.15, -0.1) is 0 Å². The fourth-order valence-electron chi connectivity index (χ4n) is 6.73. The average molecular weight is 660 g/mol. The second-order valence-corrected chi connectivity index (χ2v) is 12.6. The van der Waals surface area contributed by atoms with Crippen LogP contribution < -0.4 is 5.73 Å². The van der Waals surface area contributed by atoms with E-state index < -0.39 is 36.0 Å². The van der Waals surface area contributed by atoms with E-state index in [1.807, 2.05) is 30.3 Å². The summed E-state index contributed by atoms with van der Waals surface area (Å²) in [5, 5.41) is 0. The number of nitrogens with two attached hydrogens (primary N) is 1. The van der Waals surface area contributed by atoms with Crippen molar-refractivity contribution in [2.75, 3.05) is 59.0 Å². The summed E-state index contributed by atoms with van der Waals surface area (Å²) < 4.78 is 51.6. The number of alkyl halides is 3. The Morgan fingerprint density at radius 3 is 2.43 bits per heavy atom. The van der Waals surface area contributed by atoms with Crippen LogP contribution in [0.4, 0.5) is 18.0 Å². The van der Waals surface area contributed by atoms with Crippen molar-refractivity contribution >= 4 is 17.9 Å². The molecule has 3 fully saturated rings. The summed E-state index contributed by atoms with van der Waals surface area (Å²) in [5.41, 5.74) is 6.46. The maximum atomic E-state index is 14.2. The van der Waals surface area contributed by atoms with Crippen LogP contribution in [-0.4, -0.2) is 109 Å². The van der Waals surface area contributed by atoms with Crippen molar-refractivity contribution in [2.45, 2.75) is 57.6 Å². The molecule has 0 radical (unpaired) electrons. The second kappa shape index (κ2) is 15.5. The molecular weight excluding hydrogens is 615 g/mol. The topological polar surface area (TPSA) is 109 Å². The van der Waals surface area contributed by atoms with E-state index in [0.717, 1.165) is 30.8 Å². The average Bonchev–Trinajstić information content (AvgIpc) is 3.05. The van der Waals surface area contributed by atoms with Crippen LogP contribution in [-0.2, 0) is 38.3 Å². The Balaban J connectivity index is 1.42. The Kier molecular flexibility index (Phi) is 11.4. The van der Waals surface area contributed by atoms with Gasteiger partial charge in [0.15, 0.2) is 0 Å². The molecule has 256 valence electrons. The number of unbranched alkanes of at least 4 members (excludes halogenated alkanes) is 1. The highest BCUT2D eigenvalue weighted by atomic mass is 19.4. The van der Waals surface area contributed by atoms with Crippen LogP contribution in [0.1, 0.15) is 41.5 Å². The summed E-state index contributed by atoms with van der Waals surface area (Å²) in [5.74, 6) is -0.995. The summed E-state index contributed by atoms with van der Waals surface area (Å²) in [6.45, 7) is 5.59. The van der Waals surface area contributed by atoms with Crippen LogP contribution in [0, 0.1) is 12.8 Å². The number of rotatable bonds is 11. The number of benzene rings is 2. The number of hydrogen-bond acceptors (Lipinski definition) is 7. The fourth-order valence-corrected chi connectivity index (χ4v) is 6.73. The molecule has 3 amide bonds. The van der Waals surface area contributed by atoms with Gasteiger partial charge in [0, 0.05) is 32.7 Å². The van der Waals surface area contributed by atoms with Crippen LogP contribution in [0.3, 0.4) is 0 Å². The second-order valence-electron chi connectivity index (χ2n) is 12.6. The molecule has 2 N–H and O–H groups in total. The minimum absolute atomic E-state index is 0.0519. The molecule has 0 saturated carbocycles. The SMILES string of the molecule is Cc1cc(COC(=O)N2C[C@@H](Cc3ccccc3)C(=O)N3[C@@H]2CN(CCN2CCOCC2)C(=O)[C@@H]3CCCCN)cc(C(F)(F)F)c1. The molecule has 47 heavy (non-hydrogen) atoms. The largest absolute Gasteiger partial charge is 0.444 e. The van der Waals surface area contributed by atoms with Crippen LogP contribution >= 0.6 is 0 Å². The lowest BCUT2D eigenvalue weighted by molar-refractivity contribution is -0.173. The Labute approximate surface area is 273 Å². The van der Waals surface area contributed by atoms with Gasteiger partial charge in [-0.05, 0) is 62.4 Å². The zero-order chi connectivity index (χ0) is 33.6. The molecule has 3 saturated heterocycles. The Morgan fingerprint density at radius 2 is 1.72 bits per heavy atom. The monoisotopic (exact) mass is 659 g/mol. The van der Waals surface area contributed by atoms with Gasteiger partial charge in [0.05, 0.1) is 31.2 Å². The van der Waals surface area contributed by atoms with Gasteiger partial charge in [0.2, 0.25) is 11.8 Å². The number of ether oxygens (including phenoxy) is 2. The highest BCUT2D eigenvalue weighted by Gasteiger charge is 2.51. The van der Waals surface area contributed by atoms with Crippen molar-refractivity contribution in [2.24, 2.45) is 11.7 Å². The fraction of sp³-hybridized carbons (Fsp3) is 0.559.